The lowest BCUT2D eigenvalue weighted by Gasteiger charge is -2.43. The van der Waals surface area contributed by atoms with Crippen molar-refractivity contribution in [1.29, 1.82) is 0 Å². The van der Waals surface area contributed by atoms with Crippen LogP contribution < -0.4 is 5.56 Å². The predicted molar refractivity (Wildman–Crippen MR) is 202 cm³/mol. The Balaban J connectivity index is 0.954. The van der Waals surface area contributed by atoms with Crippen LogP contribution in [0.2, 0.25) is 0 Å². The second kappa shape index (κ2) is 14.1. The van der Waals surface area contributed by atoms with Crippen LogP contribution in [0.5, 0.6) is 0 Å². The van der Waals surface area contributed by atoms with Crippen molar-refractivity contribution < 1.29 is 14.7 Å². The number of nitrogens with zero attached hydrogens (tertiary/aromatic N) is 8. The Kier molecular flexibility index (Phi) is 9.21. The highest BCUT2D eigenvalue weighted by Gasteiger charge is 2.42. The molecule has 6 heterocycles. The summed E-state index contributed by atoms with van der Waals surface area (Å²) in [4.78, 5) is 59.6. The summed E-state index contributed by atoms with van der Waals surface area (Å²) < 4.78 is 3.07. The lowest BCUT2D eigenvalue weighted by atomic mass is 9.79. The van der Waals surface area contributed by atoms with Crippen LogP contribution in [0.3, 0.4) is 0 Å². The molecule has 4 aromatic heterocycles. The van der Waals surface area contributed by atoms with E-state index in [2.05, 4.69) is 15.1 Å². The van der Waals surface area contributed by atoms with Gasteiger partial charge in [0.05, 0.1) is 29.7 Å². The average molecular weight is 729 g/mol. The summed E-state index contributed by atoms with van der Waals surface area (Å²) in [6, 6.07) is 23.3. The number of thiazole rings is 1. The Hall–Kier alpha value is -5.53. The predicted octanol–water partition coefficient (Wildman–Crippen LogP) is 5.02. The first-order chi connectivity index (χ1) is 25.7. The first-order valence-corrected chi connectivity index (χ1v) is 18.7. The molecule has 270 valence electrons. The number of para-hydroxylation sites is 1. The van der Waals surface area contributed by atoms with E-state index in [0.29, 0.717) is 67.0 Å². The van der Waals surface area contributed by atoms with Crippen LogP contribution in [0.1, 0.15) is 51.8 Å². The zero-order chi connectivity index (χ0) is 36.7. The molecule has 0 spiro atoms. The van der Waals surface area contributed by atoms with E-state index in [1.165, 1.54) is 28.4 Å². The van der Waals surface area contributed by atoms with Crippen LogP contribution >= 0.6 is 11.3 Å². The molecule has 2 saturated heterocycles. The van der Waals surface area contributed by atoms with E-state index >= 15 is 0 Å². The van der Waals surface area contributed by atoms with Crippen molar-refractivity contribution in [2.45, 2.75) is 51.2 Å². The van der Waals surface area contributed by atoms with Crippen LogP contribution in [0.4, 0.5) is 0 Å². The minimum atomic E-state index is -1.18. The van der Waals surface area contributed by atoms with Crippen molar-refractivity contribution in [3.63, 3.8) is 0 Å². The van der Waals surface area contributed by atoms with E-state index in [9.17, 15) is 19.5 Å². The topological polar surface area (TPSA) is 139 Å². The van der Waals surface area contributed by atoms with Crippen LogP contribution in [-0.4, -0.2) is 87.8 Å². The molecule has 53 heavy (non-hydrogen) atoms. The molecule has 2 atom stereocenters. The van der Waals surface area contributed by atoms with Gasteiger partial charge in [-0.2, -0.15) is 5.10 Å². The van der Waals surface area contributed by atoms with Crippen molar-refractivity contribution >= 4 is 34.2 Å². The monoisotopic (exact) mass is 728 g/mol. The molecule has 8 rings (SSSR count). The summed E-state index contributed by atoms with van der Waals surface area (Å²) in [6.45, 7) is 5.46. The number of carbonyl (C=O) groups excluding carboxylic acids is 2. The summed E-state index contributed by atoms with van der Waals surface area (Å²) in [7, 11) is 0. The normalized spacial score (nSPS) is 18.7. The van der Waals surface area contributed by atoms with Crippen molar-refractivity contribution in [3.8, 4) is 16.3 Å². The molecule has 2 fully saturated rings. The van der Waals surface area contributed by atoms with Gasteiger partial charge < -0.3 is 14.9 Å². The summed E-state index contributed by atoms with van der Waals surface area (Å²) >= 11 is 1.38. The number of aryl methyl sites for hydroxylation is 2. The molecule has 2 aromatic carbocycles. The molecule has 0 aliphatic carbocycles. The summed E-state index contributed by atoms with van der Waals surface area (Å²) in [5, 5.41) is 17.2. The molecule has 0 radical (unpaired) electrons. The number of rotatable bonds is 7. The highest BCUT2D eigenvalue weighted by molar-refractivity contribution is 7.17. The molecule has 2 aliphatic heterocycles. The van der Waals surface area contributed by atoms with E-state index in [0.717, 1.165) is 27.5 Å². The third kappa shape index (κ3) is 6.77. The Bertz CT molecular complexity index is 2330. The number of hydrogen-bond donors (Lipinski definition) is 1. The SMILES string of the molecule is Cc1ccc(-c2nc(C)c(C(=O)N3CC[C@@H](C(=O)N4CCC(O)(Cn5cnc6c(cnn6-c6ccccc6)c5=O)CC4)[C@H](c4ccccc4)C3)s2)cn1. The molecule has 2 aliphatic rings. The largest absolute Gasteiger partial charge is 0.388 e. The zero-order valence-corrected chi connectivity index (χ0v) is 30.4. The second-order valence-electron chi connectivity index (χ2n) is 14.1. The standard InChI is InChI=1S/C40H40N8O4S/c1-26-13-14-29(21-41-26)36-44-27(2)34(53-36)39(51)46-18-15-31(33(23-46)28-9-5-3-6-10-28)37(49)45-19-16-40(52,17-20-45)24-47-25-42-35-32(38(47)50)22-43-48(35)30-11-7-4-8-12-30/h3-14,21-22,25,31,33,52H,15-20,23-24H2,1-2H3/t31-,33+/m1/s1. The zero-order valence-electron chi connectivity index (χ0n) is 29.6. The highest BCUT2D eigenvalue weighted by Crippen LogP contribution is 2.37. The number of benzene rings is 2. The minimum Gasteiger partial charge on any atom is -0.388 e. The smallest absolute Gasteiger partial charge is 0.265 e. The minimum absolute atomic E-state index is 0.0321. The van der Waals surface area contributed by atoms with Gasteiger partial charge in [0.15, 0.2) is 5.65 Å². The Morgan fingerprint density at radius 3 is 2.36 bits per heavy atom. The summed E-state index contributed by atoms with van der Waals surface area (Å²) in [5.74, 6) is -0.551. The van der Waals surface area contributed by atoms with E-state index < -0.39 is 5.60 Å². The molecule has 13 heteroatoms. The fourth-order valence-corrected chi connectivity index (χ4v) is 8.62. The van der Waals surface area contributed by atoms with Gasteiger partial charge in [0.1, 0.15) is 21.6 Å². The van der Waals surface area contributed by atoms with Gasteiger partial charge in [-0.15, -0.1) is 11.3 Å². The number of carbonyl (C=O) groups is 2. The first kappa shape index (κ1) is 34.6. The second-order valence-corrected chi connectivity index (χ2v) is 15.1. The van der Waals surface area contributed by atoms with Gasteiger partial charge in [0.25, 0.3) is 11.5 Å². The summed E-state index contributed by atoms with van der Waals surface area (Å²) in [6.07, 6.45) is 5.93. The quantitative estimate of drug-likeness (QED) is 0.242. The maximum absolute atomic E-state index is 14.3. The Labute approximate surface area is 310 Å². The van der Waals surface area contributed by atoms with Gasteiger partial charge in [-0.3, -0.25) is 23.9 Å². The number of aliphatic hydroxyl groups is 1. The molecule has 0 saturated carbocycles. The number of amides is 2. The highest BCUT2D eigenvalue weighted by atomic mass is 32.1. The van der Waals surface area contributed by atoms with E-state index in [-0.39, 0.29) is 35.8 Å². The van der Waals surface area contributed by atoms with E-state index in [4.69, 9.17) is 4.98 Å². The van der Waals surface area contributed by atoms with Crippen molar-refractivity contribution in [1.82, 2.24) is 39.1 Å². The van der Waals surface area contributed by atoms with Crippen LogP contribution in [0, 0.1) is 19.8 Å². The lowest BCUT2D eigenvalue weighted by Crippen LogP contribution is -2.53. The van der Waals surface area contributed by atoms with Crippen molar-refractivity contribution in [2.24, 2.45) is 5.92 Å². The Morgan fingerprint density at radius 2 is 1.64 bits per heavy atom. The maximum atomic E-state index is 14.3. The number of aromatic nitrogens is 6. The number of likely N-dealkylation sites (tertiary alicyclic amines) is 2. The van der Waals surface area contributed by atoms with Gasteiger partial charge in [0, 0.05) is 55.5 Å². The third-order valence-electron chi connectivity index (χ3n) is 10.6. The average Bonchev–Trinajstić information content (AvgIpc) is 3.80. The maximum Gasteiger partial charge on any atom is 0.265 e. The molecule has 0 bridgehead atoms. The number of piperidine rings is 2. The van der Waals surface area contributed by atoms with Gasteiger partial charge >= 0.3 is 0 Å². The van der Waals surface area contributed by atoms with Crippen LogP contribution in [0.25, 0.3) is 27.3 Å². The molecule has 1 N–H and O–H groups in total. The number of fused-ring (bicyclic) bond motifs is 1. The van der Waals surface area contributed by atoms with Gasteiger partial charge in [-0.05, 0) is 62.9 Å². The fraction of sp³-hybridized carbons (Fsp3) is 0.325. The van der Waals surface area contributed by atoms with Crippen LogP contribution in [0.15, 0.2) is 96.3 Å². The molecule has 2 amide bonds. The molecule has 6 aromatic rings. The number of hydrogen-bond acceptors (Lipinski definition) is 9. The Morgan fingerprint density at radius 1 is 0.906 bits per heavy atom. The van der Waals surface area contributed by atoms with Gasteiger partial charge in [-0.1, -0.05) is 48.5 Å². The van der Waals surface area contributed by atoms with Gasteiger partial charge in [0.2, 0.25) is 5.91 Å². The molecule has 12 nitrogen and oxygen atoms in total. The molecular formula is C40H40N8O4S. The number of pyridine rings is 1. The fourth-order valence-electron chi connectivity index (χ4n) is 7.60. The van der Waals surface area contributed by atoms with Crippen molar-refractivity contribution in [2.75, 3.05) is 26.2 Å². The summed E-state index contributed by atoms with van der Waals surface area (Å²) in [5.41, 5.74) is 3.30. The van der Waals surface area contributed by atoms with Crippen LogP contribution in [-0.2, 0) is 11.3 Å². The third-order valence-corrected chi connectivity index (χ3v) is 11.8. The van der Waals surface area contributed by atoms with E-state index in [1.54, 1.807) is 10.9 Å². The molecular weight excluding hydrogens is 689 g/mol. The molecule has 0 unspecified atom stereocenters. The lowest BCUT2D eigenvalue weighted by molar-refractivity contribution is -0.142. The van der Waals surface area contributed by atoms with Gasteiger partial charge in [-0.25, -0.2) is 14.6 Å². The van der Waals surface area contributed by atoms with E-state index in [1.807, 2.05) is 96.4 Å². The first-order valence-electron chi connectivity index (χ1n) is 17.9. The van der Waals surface area contributed by atoms with Crippen molar-refractivity contribution in [3.05, 3.63) is 124 Å².